The minimum absolute atomic E-state index is 0.0101. The van der Waals surface area contributed by atoms with Crippen LogP contribution in [0.1, 0.15) is 51.6 Å². The van der Waals surface area contributed by atoms with Gasteiger partial charge < -0.3 is 25.4 Å². The third-order valence-electron chi connectivity index (χ3n) is 5.18. The zero-order chi connectivity index (χ0) is 20.7. The molecule has 1 aromatic rings. The Morgan fingerprint density at radius 1 is 1.07 bits per heavy atom. The lowest BCUT2D eigenvalue weighted by atomic mass is 9.90. The van der Waals surface area contributed by atoms with Crippen molar-refractivity contribution in [2.45, 2.75) is 51.6 Å². The van der Waals surface area contributed by atoms with E-state index in [9.17, 15) is 0 Å². The average Bonchev–Trinajstić information content (AvgIpc) is 2.74. The molecule has 1 aromatic carbocycles. The minimum atomic E-state index is 0.0101. The molecule has 28 heavy (non-hydrogen) atoms. The highest BCUT2D eigenvalue weighted by molar-refractivity contribution is 5.79. The molecule has 0 aromatic heterocycles. The molecule has 1 unspecified atom stereocenters. The van der Waals surface area contributed by atoms with Gasteiger partial charge >= 0.3 is 0 Å². The molecule has 160 valence electrons. The van der Waals surface area contributed by atoms with Crippen LogP contribution in [0.3, 0.4) is 0 Å². The quantitative estimate of drug-likeness (QED) is 0.258. The van der Waals surface area contributed by atoms with E-state index in [1.807, 2.05) is 7.05 Å². The summed E-state index contributed by atoms with van der Waals surface area (Å²) in [5, 5.41) is 10.7. The fourth-order valence-electron chi connectivity index (χ4n) is 3.14. The van der Waals surface area contributed by atoms with Gasteiger partial charge in [-0.05, 0) is 31.7 Å². The summed E-state index contributed by atoms with van der Waals surface area (Å²) in [7, 11) is 3.49. The van der Waals surface area contributed by atoms with Gasteiger partial charge in [0, 0.05) is 45.4 Å². The van der Waals surface area contributed by atoms with Gasteiger partial charge in [-0.2, -0.15) is 0 Å². The normalized spacial score (nSPS) is 13.4. The van der Waals surface area contributed by atoms with Crippen LogP contribution in [0.4, 0.5) is 0 Å². The molecule has 0 fully saturated rings. The van der Waals surface area contributed by atoms with Gasteiger partial charge in [0.25, 0.3) is 0 Å². The van der Waals surface area contributed by atoms with Crippen molar-refractivity contribution < 1.29 is 9.47 Å². The van der Waals surface area contributed by atoms with E-state index in [0.29, 0.717) is 19.3 Å². The maximum atomic E-state index is 5.49. The zero-order valence-electron chi connectivity index (χ0n) is 18.4. The van der Waals surface area contributed by atoms with E-state index < -0.39 is 0 Å². The second-order valence-corrected chi connectivity index (χ2v) is 7.08. The first-order valence-corrected chi connectivity index (χ1v) is 10.4. The third kappa shape index (κ3) is 9.04. The standard InChI is InChI=1S/C22H40N4O2/c1-6-22(7-2,26-19(3)20-12-9-8-10-13-20)18-25-21(23-4)24-14-11-15-28-17-16-27-5/h8-10,12-13,19,26H,6-7,11,14-18H2,1-5H3,(H2,23,24,25). The van der Waals surface area contributed by atoms with E-state index in [2.05, 4.69) is 72.0 Å². The molecule has 0 bridgehead atoms. The largest absolute Gasteiger partial charge is 0.382 e. The number of nitrogens with zero attached hydrogens (tertiary/aromatic N) is 1. The van der Waals surface area contributed by atoms with Gasteiger partial charge in [-0.15, -0.1) is 0 Å². The topological polar surface area (TPSA) is 66.9 Å². The van der Waals surface area contributed by atoms with Crippen molar-refractivity contribution in [3.8, 4) is 0 Å². The molecule has 0 aliphatic rings. The van der Waals surface area contributed by atoms with E-state index in [0.717, 1.165) is 44.9 Å². The van der Waals surface area contributed by atoms with Crippen molar-refractivity contribution in [3.05, 3.63) is 35.9 Å². The highest BCUT2D eigenvalue weighted by Gasteiger charge is 2.28. The summed E-state index contributed by atoms with van der Waals surface area (Å²) in [4.78, 5) is 4.35. The number of ether oxygens (including phenoxy) is 2. The lowest BCUT2D eigenvalue weighted by molar-refractivity contribution is 0.0698. The van der Waals surface area contributed by atoms with Gasteiger partial charge in [0.15, 0.2) is 5.96 Å². The summed E-state index contributed by atoms with van der Waals surface area (Å²) in [6, 6.07) is 10.9. The van der Waals surface area contributed by atoms with Gasteiger partial charge in [-0.25, -0.2) is 0 Å². The molecule has 0 saturated carbocycles. The van der Waals surface area contributed by atoms with E-state index in [1.165, 1.54) is 5.56 Å². The predicted octanol–water partition coefficient (Wildman–Crippen LogP) is 3.11. The van der Waals surface area contributed by atoms with Crippen LogP contribution in [0.2, 0.25) is 0 Å². The zero-order valence-corrected chi connectivity index (χ0v) is 18.4. The van der Waals surface area contributed by atoms with Crippen molar-refractivity contribution in [1.29, 1.82) is 0 Å². The Labute approximate surface area is 171 Å². The maximum Gasteiger partial charge on any atom is 0.191 e. The Kier molecular flexibility index (Phi) is 12.5. The van der Waals surface area contributed by atoms with Crippen LogP contribution in [0, 0.1) is 0 Å². The second-order valence-electron chi connectivity index (χ2n) is 7.08. The predicted molar refractivity (Wildman–Crippen MR) is 118 cm³/mol. The average molecular weight is 393 g/mol. The van der Waals surface area contributed by atoms with Gasteiger partial charge in [-0.3, -0.25) is 4.99 Å². The minimum Gasteiger partial charge on any atom is -0.382 e. The third-order valence-corrected chi connectivity index (χ3v) is 5.18. The maximum absolute atomic E-state index is 5.49. The van der Waals surface area contributed by atoms with Crippen LogP contribution in [0.5, 0.6) is 0 Å². The van der Waals surface area contributed by atoms with E-state index in [-0.39, 0.29) is 5.54 Å². The molecule has 0 aliphatic carbocycles. The monoisotopic (exact) mass is 392 g/mol. The highest BCUT2D eigenvalue weighted by Crippen LogP contribution is 2.21. The molecule has 6 nitrogen and oxygen atoms in total. The van der Waals surface area contributed by atoms with Crippen LogP contribution < -0.4 is 16.0 Å². The number of aliphatic imine (C=N–C) groups is 1. The molecule has 1 rings (SSSR count). The lowest BCUT2D eigenvalue weighted by Crippen LogP contribution is -2.55. The fraction of sp³-hybridized carbons (Fsp3) is 0.682. The molecule has 0 saturated heterocycles. The first kappa shape index (κ1) is 24.4. The number of benzene rings is 1. The Bertz CT molecular complexity index is 533. The first-order chi connectivity index (χ1) is 13.6. The molecular weight excluding hydrogens is 352 g/mol. The smallest absolute Gasteiger partial charge is 0.191 e. The summed E-state index contributed by atoms with van der Waals surface area (Å²) in [5.74, 6) is 0.831. The molecule has 3 N–H and O–H groups in total. The van der Waals surface area contributed by atoms with Crippen molar-refractivity contribution >= 4 is 5.96 Å². The first-order valence-electron chi connectivity index (χ1n) is 10.4. The number of hydrogen-bond acceptors (Lipinski definition) is 4. The van der Waals surface area contributed by atoms with Crippen LogP contribution in [-0.4, -0.2) is 58.6 Å². The molecular formula is C22H40N4O2. The molecule has 1 atom stereocenters. The summed E-state index contributed by atoms with van der Waals surface area (Å²) in [5.41, 5.74) is 1.32. The molecule has 0 aliphatic heterocycles. The molecule has 0 spiro atoms. The Morgan fingerprint density at radius 3 is 2.39 bits per heavy atom. The number of nitrogens with one attached hydrogen (secondary N) is 3. The van der Waals surface area contributed by atoms with Gasteiger partial charge in [-0.1, -0.05) is 44.2 Å². The molecule has 0 heterocycles. The summed E-state index contributed by atoms with van der Waals surface area (Å²) in [6.07, 6.45) is 3.01. The van der Waals surface area contributed by atoms with Crippen molar-refractivity contribution in [2.75, 3.05) is 47.1 Å². The number of rotatable bonds is 14. The Hall–Kier alpha value is -1.63. The van der Waals surface area contributed by atoms with E-state index >= 15 is 0 Å². The number of hydrogen-bond donors (Lipinski definition) is 3. The second kappa shape index (κ2) is 14.4. The lowest BCUT2D eigenvalue weighted by Gasteiger charge is -2.37. The van der Waals surface area contributed by atoms with E-state index in [1.54, 1.807) is 7.11 Å². The van der Waals surface area contributed by atoms with Gasteiger partial charge in [0.05, 0.1) is 13.2 Å². The van der Waals surface area contributed by atoms with Crippen LogP contribution in [-0.2, 0) is 9.47 Å². The molecule has 6 heteroatoms. The fourth-order valence-corrected chi connectivity index (χ4v) is 3.14. The highest BCUT2D eigenvalue weighted by atomic mass is 16.5. The summed E-state index contributed by atoms with van der Waals surface area (Å²) >= 11 is 0. The van der Waals surface area contributed by atoms with Crippen LogP contribution in [0.25, 0.3) is 0 Å². The van der Waals surface area contributed by atoms with Gasteiger partial charge in [0.1, 0.15) is 0 Å². The number of guanidine groups is 1. The SMILES string of the molecule is CCC(CC)(CNC(=NC)NCCCOCCOC)NC(C)c1ccccc1. The van der Waals surface area contributed by atoms with Crippen LogP contribution in [0.15, 0.2) is 35.3 Å². The Balaban J connectivity index is 2.46. The van der Waals surface area contributed by atoms with Gasteiger partial charge in [0.2, 0.25) is 0 Å². The van der Waals surface area contributed by atoms with Crippen molar-refractivity contribution in [3.63, 3.8) is 0 Å². The molecule has 0 radical (unpaired) electrons. The van der Waals surface area contributed by atoms with Crippen molar-refractivity contribution in [2.24, 2.45) is 4.99 Å². The van der Waals surface area contributed by atoms with Crippen molar-refractivity contribution in [1.82, 2.24) is 16.0 Å². The summed E-state index contributed by atoms with van der Waals surface area (Å²) in [6.45, 7) is 10.4. The number of methoxy groups -OCH3 is 1. The summed E-state index contributed by atoms with van der Waals surface area (Å²) < 4.78 is 10.5. The van der Waals surface area contributed by atoms with E-state index in [4.69, 9.17) is 9.47 Å². The molecule has 0 amide bonds. The Morgan fingerprint density at radius 2 is 1.79 bits per heavy atom. The van der Waals surface area contributed by atoms with Crippen LogP contribution >= 0.6 is 0 Å².